The normalized spacial score (nSPS) is 20.5. The molecule has 0 amide bonds. The van der Waals surface area contributed by atoms with Crippen molar-refractivity contribution in [1.82, 2.24) is 5.32 Å². The van der Waals surface area contributed by atoms with E-state index in [2.05, 4.69) is 36.5 Å². The zero-order chi connectivity index (χ0) is 9.80. The molecule has 0 saturated carbocycles. The van der Waals surface area contributed by atoms with Gasteiger partial charge in [0.25, 0.3) is 0 Å². The van der Waals surface area contributed by atoms with Gasteiger partial charge in [-0.1, -0.05) is 31.2 Å². The maximum Gasteiger partial charge on any atom is 0.0721 e. The van der Waals surface area contributed by atoms with E-state index in [4.69, 9.17) is 4.74 Å². The Bertz CT molecular complexity index is 298. The summed E-state index contributed by atoms with van der Waals surface area (Å²) < 4.78 is 5.54. The van der Waals surface area contributed by atoms with Gasteiger partial charge in [0.05, 0.1) is 19.3 Å². The van der Waals surface area contributed by atoms with Crippen LogP contribution in [-0.2, 0) is 11.3 Å². The first-order valence-corrected chi connectivity index (χ1v) is 5.30. The number of ether oxygens (including phenoxy) is 1. The monoisotopic (exact) mass is 191 g/mol. The lowest BCUT2D eigenvalue weighted by Gasteiger charge is -2.26. The third kappa shape index (κ3) is 1.97. The summed E-state index contributed by atoms with van der Waals surface area (Å²) in [6.07, 6.45) is 1.17. The quantitative estimate of drug-likeness (QED) is 0.791. The van der Waals surface area contributed by atoms with E-state index in [0.717, 1.165) is 19.8 Å². The van der Waals surface area contributed by atoms with Crippen molar-refractivity contribution in [3.05, 3.63) is 35.4 Å². The van der Waals surface area contributed by atoms with Crippen LogP contribution in [-0.4, -0.2) is 13.2 Å². The molecular formula is C12H17NO. The van der Waals surface area contributed by atoms with Crippen LogP contribution < -0.4 is 5.32 Å². The number of benzene rings is 1. The minimum atomic E-state index is 0.389. The van der Waals surface area contributed by atoms with Crippen LogP contribution in [0.4, 0.5) is 0 Å². The SMILES string of the molecule is CCCNC1COCc2ccccc21. The molecule has 0 bridgehead atoms. The highest BCUT2D eigenvalue weighted by Gasteiger charge is 2.18. The molecule has 0 aliphatic carbocycles. The highest BCUT2D eigenvalue weighted by Crippen LogP contribution is 2.23. The van der Waals surface area contributed by atoms with Gasteiger partial charge in [-0.25, -0.2) is 0 Å². The zero-order valence-electron chi connectivity index (χ0n) is 8.62. The Balaban J connectivity index is 2.14. The molecule has 1 heterocycles. The second-order valence-electron chi connectivity index (χ2n) is 3.72. The van der Waals surface area contributed by atoms with Crippen molar-refractivity contribution in [1.29, 1.82) is 0 Å². The first kappa shape index (κ1) is 9.69. The lowest BCUT2D eigenvalue weighted by molar-refractivity contribution is 0.0823. The Hall–Kier alpha value is -0.860. The van der Waals surface area contributed by atoms with Gasteiger partial charge in [0, 0.05) is 0 Å². The first-order chi connectivity index (χ1) is 6.92. The number of rotatable bonds is 3. The molecule has 1 aliphatic rings. The molecule has 1 unspecified atom stereocenters. The van der Waals surface area contributed by atoms with Gasteiger partial charge in [0.15, 0.2) is 0 Å². The Labute approximate surface area is 85.3 Å². The summed E-state index contributed by atoms with van der Waals surface area (Å²) in [7, 11) is 0. The summed E-state index contributed by atoms with van der Waals surface area (Å²) >= 11 is 0. The average molecular weight is 191 g/mol. The fraction of sp³-hybridized carbons (Fsp3) is 0.500. The fourth-order valence-corrected chi connectivity index (χ4v) is 1.87. The molecule has 2 nitrogen and oxygen atoms in total. The van der Waals surface area contributed by atoms with Crippen LogP contribution in [0.2, 0.25) is 0 Å². The van der Waals surface area contributed by atoms with Crippen LogP contribution in [0.3, 0.4) is 0 Å². The maximum atomic E-state index is 5.54. The van der Waals surface area contributed by atoms with Crippen LogP contribution in [0.15, 0.2) is 24.3 Å². The molecule has 1 N–H and O–H groups in total. The minimum Gasteiger partial charge on any atom is -0.375 e. The first-order valence-electron chi connectivity index (χ1n) is 5.30. The number of nitrogens with one attached hydrogen (secondary N) is 1. The van der Waals surface area contributed by atoms with Gasteiger partial charge in [-0.15, -0.1) is 0 Å². The molecule has 1 aromatic rings. The summed E-state index contributed by atoms with van der Waals surface area (Å²) in [6.45, 7) is 4.81. The zero-order valence-corrected chi connectivity index (χ0v) is 8.62. The highest BCUT2D eigenvalue weighted by molar-refractivity contribution is 5.30. The molecule has 1 aromatic carbocycles. The topological polar surface area (TPSA) is 21.3 Å². The van der Waals surface area contributed by atoms with E-state index in [9.17, 15) is 0 Å². The standard InChI is InChI=1S/C12H17NO/c1-2-7-13-12-9-14-8-10-5-3-4-6-11(10)12/h3-6,12-13H,2,7-9H2,1H3. The van der Waals surface area contributed by atoms with E-state index < -0.39 is 0 Å². The molecule has 1 aliphatic heterocycles. The van der Waals surface area contributed by atoms with Gasteiger partial charge in [-0.3, -0.25) is 0 Å². The van der Waals surface area contributed by atoms with Crippen molar-refractivity contribution in [2.24, 2.45) is 0 Å². The van der Waals surface area contributed by atoms with Crippen molar-refractivity contribution in [3.8, 4) is 0 Å². The molecule has 76 valence electrons. The largest absolute Gasteiger partial charge is 0.375 e. The molecule has 0 aromatic heterocycles. The summed E-state index contributed by atoms with van der Waals surface area (Å²) in [6, 6.07) is 8.91. The predicted molar refractivity (Wildman–Crippen MR) is 57.1 cm³/mol. The lowest BCUT2D eigenvalue weighted by atomic mass is 9.99. The van der Waals surface area contributed by atoms with E-state index in [1.54, 1.807) is 0 Å². The van der Waals surface area contributed by atoms with E-state index in [1.165, 1.54) is 17.5 Å². The third-order valence-corrected chi connectivity index (χ3v) is 2.61. The highest BCUT2D eigenvalue weighted by atomic mass is 16.5. The molecule has 0 radical (unpaired) electrons. The van der Waals surface area contributed by atoms with Gasteiger partial charge in [-0.2, -0.15) is 0 Å². The third-order valence-electron chi connectivity index (χ3n) is 2.61. The number of fused-ring (bicyclic) bond motifs is 1. The minimum absolute atomic E-state index is 0.389. The lowest BCUT2D eigenvalue weighted by Crippen LogP contribution is -2.30. The Morgan fingerprint density at radius 1 is 1.43 bits per heavy atom. The summed E-state index contributed by atoms with van der Waals surface area (Å²) in [4.78, 5) is 0. The molecule has 2 rings (SSSR count). The second kappa shape index (κ2) is 4.58. The van der Waals surface area contributed by atoms with Gasteiger partial charge < -0.3 is 10.1 Å². The van der Waals surface area contributed by atoms with Crippen LogP contribution >= 0.6 is 0 Å². The van der Waals surface area contributed by atoms with Gasteiger partial charge in [0.1, 0.15) is 0 Å². The molecule has 0 spiro atoms. The smallest absolute Gasteiger partial charge is 0.0721 e. The average Bonchev–Trinajstić information content (AvgIpc) is 2.26. The van der Waals surface area contributed by atoms with E-state index >= 15 is 0 Å². The molecule has 2 heteroatoms. The Kier molecular flexibility index (Phi) is 3.17. The Morgan fingerprint density at radius 2 is 2.29 bits per heavy atom. The number of hydrogen-bond donors (Lipinski definition) is 1. The molecule has 0 fully saturated rings. The van der Waals surface area contributed by atoms with Crippen molar-refractivity contribution in [2.75, 3.05) is 13.2 Å². The van der Waals surface area contributed by atoms with Gasteiger partial charge in [-0.05, 0) is 24.1 Å². The summed E-state index contributed by atoms with van der Waals surface area (Å²) in [5, 5.41) is 3.50. The molecule has 14 heavy (non-hydrogen) atoms. The second-order valence-corrected chi connectivity index (χ2v) is 3.72. The summed E-state index contributed by atoms with van der Waals surface area (Å²) in [5.74, 6) is 0. The van der Waals surface area contributed by atoms with Crippen molar-refractivity contribution >= 4 is 0 Å². The molecule has 0 saturated heterocycles. The van der Waals surface area contributed by atoms with Crippen molar-refractivity contribution in [3.63, 3.8) is 0 Å². The van der Waals surface area contributed by atoms with Crippen molar-refractivity contribution in [2.45, 2.75) is 26.0 Å². The number of hydrogen-bond acceptors (Lipinski definition) is 2. The van der Waals surface area contributed by atoms with E-state index in [1.807, 2.05) is 0 Å². The van der Waals surface area contributed by atoms with E-state index in [-0.39, 0.29) is 0 Å². The summed E-state index contributed by atoms with van der Waals surface area (Å²) in [5.41, 5.74) is 2.74. The van der Waals surface area contributed by atoms with Crippen LogP contribution in [0.5, 0.6) is 0 Å². The maximum absolute atomic E-state index is 5.54. The Morgan fingerprint density at radius 3 is 3.14 bits per heavy atom. The van der Waals surface area contributed by atoms with Crippen LogP contribution in [0, 0.1) is 0 Å². The van der Waals surface area contributed by atoms with Crippen LogP contribution in [0.25, 0.3) is 0 Å². The molecule has 1 atom stereocenters. The van der Waals surface area contributed by atoms with Crippen LogP contribution in [0.1, 0.15) is 30.5 Å². The van der Waals surface area contributed by atoms with Crippen molar-refractivity contribution < 1.29 is 4.74 Å². The van der Waals surface area contributed by atoms with E-state index in [0.29, 0.717) is 6.04 Å². The van der Waals surface area contributed by atoms with Gasteiger partial charge >= 0.3 is 0 Å². The fourth-order valence-electron chi connectivity index (χ4n) is 1.87. The predicted octanol–water partition coefficient (Wildman–Crippen LogP) is 2.26. The molecular weight excluding hydrogens is 174 g/mol. The van der Waals surface area contributed by atoms with Gasteiger partial charge in [0.2, 0.25) is 0 Å².